The van der Waals surface area contributed by atoms with Gasteiger partial charge in [0, 0.05) is 11.5 Å². The number of amidine groups is 1. The Hall–Kier alpha value is -3.30. The standard InChI is InChI=1S/C24H35N3O7/c1-15(2)24(19(28)32-10)25-18(16-11-13-17(31-9)14-12-16)26(20(29)33-22(3,4)5)27(24)21(30)34-23(6,7)8/h11-15H,1-10H3/t24-/m1/s1. The second-order valence-corrected chi connectivity index (χ2v) is 10.1. The highest BCUT2D eigenvalue weighted by Crippen LogP contribution is 2.39. The molecule has 1 aliphatic heterocycles. The molecule has 188 valence electrons. The first-order valence-corrected chi connectivity index (χ1v) is 11.0. The van der Waals surface area contributed by atoms with Crippen LogP contribution in [0.3, 0.4) is 0 Å². The zero-order valence-corrected chi connectivity index (χ0v) is 21.6. The van der Waals surface area contributed by atoms with Crippen molar-refractivity contribution < 1.29 is 33.3 Å². The lowest BCUT2D eigenvalue weighted by atomic mass is 9.96. The molecule has 2 rings (SSSR count). The summed E-state index contributed by atoms with van der Waals surface area (Å²) in [7, 11) is 2.72. The van der Waals surface area contributed by atoms with Gasteiger partial charge in [-0.25, -0.2) is 19.4 Å². The molecule has 0 saturated carbocycles. The predicted octanol–water partition coefficient (Wildman–Crippen LogP) is 4.37. The van der Waals surface area contributed by atoms with E-state index in [1.807, 2.05) is 0 Å². The highest BCUT2D eigenvalue weighted by atomic mass is 16.6. The second-order valence-electron chi connectivity index (χ2n) is 10.1. The highest BCUT2D eigenvalue weighted by molar-refractivity contribution is 6.11. The summed E-state index contributed by atoms with van der Waals surface area (Å²) in [6, 6.07) is 6.68. The van der Waals surface area contributed by atoms with Gasteiger partial charge in [0.15, 0.2) is 5.84 Å². The molecule has 0 aliphatic carbocycles. The first-order valence-electron chi connectivity index (χ1n) is 11.0. The van der Waals surface area contributed by atoms with Gasteiger partial charge in [0.05, 0.1) is 14.2 Å². The van der Waals surface area contributed by atoms with Crippen LogP contribution in [-0.2, 0) is 19.0 Å². The molecule has 0 radical (unpaired) electrons. The van der Waals surface area contributed by atoms with Gasteiger partial charge in [-0.3, -0.25) is 0 Å². The normalized spacial score (nSPS) is 18.5. The molecule has 10 heteroatoms. The number of esters is 1. The van der Waals surface area contributed by atoms with Crippen molar-refractivity contribution in [2.24, 2.45) is 10.9 Å². The fourth-order valence-corrected chi connectivity index (χ4v) is 3.32. The Bertz CT molecular complexity index is 958. The maximum Gasteiger partial charge on any atom is 0.435 e. The van der Waals surface area contributed by atoms with Gasteiger partial charge in [-0.2, -0.15) is 10.0 Å². The van der Waals surface area contributed by atoms with E-state index in [-0.39, 0.29) is 5.84 Å². The molecule has 0 saturated heterocycles. The molecule has 2 amide bonds. The quantitative estimate of drug-likeness (QED) is 0.468. The Morgan fingerprint density at radius 3 is 1.79 bits per heavy atom. The second kappa shape index (κ2) is 9.52. The van der Waals surface area contributed by atoms with Crippen LogP contribution >= 0.6 is 0 Å². The topological polar surface area (TPSA) is 107 Å². The van der Waals surface area contributed by atoms with Crippen LogP contribution in [0, 0.1) is 5.92 Å². The minimum Gasteiger partial charge on any atom is -0.497 e. The van der Waals surface area contributed by atoms with Gasteiger partial charge in [-0.05, 0) is 65.8 Å². The lowest BCUT2D eigenvalue weighted by Crippen LogP contribution is -2.64. The third-order valence-corrected chi connectivity index (χ3v) is 4.77. The van der Waals surface area contributed by atoms with Crippen molar-refractivity contribution in [1.82, 2.24) is 10.0 Å². The molecule has 1 aromatic rings. The number of amides is 2. The predicted molar refractivity (Wildman–Crippen MR) is 125 cm³/mol. The molecule has 1 aliphatic rings. The van der Waals surface area contributed by atoms with E-state index in [4.69, 9.17) is 18.9 Å². The summed E-state index contributed by atoms with van der Waals surface area (Å²) in [6.45, 7) is 13.5. The number of carbonyl (C=O) groups excluding carboxylic acids is 3. The van der Waals surface area contributed by atoms with E-state index in [2.05, 4.69) is 4.99 Å². The Morgan fingerprint density at radius 2 is 1.38 bits per heavy atom. The SMILES string of the molecule is COC(=O)[C@]1(C(C)C)N=C(c2ccc(OC)cc2)N(C(=O)OC(C)(C)C)N1C(=O)OC(C)(C)C. The number of hydrazine groups is 1. The number of hydrogen-bond donors (Lipinski definition) is 0. The molecule has 34 heavy (non-hydrogen) atoms. The third kappa shape index (κ3) is 5.43. The van der Waals surface area contributed by atoms with Crippen molar-refractivity contribution in [2.45, 2.75) is 72.3 Å². The van der Waals surface area contributed by atoms with Gasteiger partial charge >= 0.3 is 18.2 Å². The number of methoxy groups -OCH3 is 2. The largest absolute Gasteiger partial charge is 0.497 e. The van der Waals surface area contributed by atoms with Crippen LogP contribution in [0.2, 0.25) is 0 Å². The van der Waals surface area contributed by atoms with Crippen molar-refractivity contribution in [1.29, 1.82) is 0 Å². The Kier molecular flexibility index (Phi) is 7.54. The average molecular weight is 478 g/mol. The molecular weight excluding hydrogens is 442 g/mol. The van der Waals surface area contributed by atoms with Crippen LogP contribution in [0.4, 0.5) is 9.59 Å². The molecule has 0 spiro atoms. The number of aliphatic imine (C=N–C) groups is 1. The van der Waals surface area contributed by atoms with Crippen LogP contribution < -0.4 is 4.74 Å². The molecule has 1 atom stereocenters. The molecule has 0 bridgehead atoms. The van der Waals surface area contributed by atoms with Crippen LogP contribution in [0.25, 0.3) is 0 Å². The van der Waals surface area contributed by atoms with Crippen molar-refractivity contribution >= 4 is 24.0 Å². The summed E-state index contributed by atoms with van der Waals surface area (Å²) in [5.41, 5.74) is -3.27. The van der Waals surface area contributed by atoms with Gasteiger partial charge in [-0.15, -0.1) is 0 Å². The molecule has 10 nitrogen and oxygen atoms in total. The number of hydrogen-bond acceptors (Lipinski definition) is 8. The van der Waals surface area contributed by atoms with Gasteiger partial charge in [0.2, 0.25) is 0 Å². The first kappa shape index (κ1) is 26.9. The lowest BCUT2D eigenvalue weighted by molar-refractivity contribution is -0.164. The maximum atomic E-state index is 13.5. The Morgan fingerprint density at radius 1 is 0.882 bits per heavy atom. The summed E-state index contributed by atoms with van der Waals surface area (Å²) in [5.74, 6) is -0.821. The summed E-state index contributed by atoms with van der Waals surface area (Å²) in [4.78, 5) is 44.8. The molecule has 0 N–H and O–H groups in total. The van der Waals surface area contributed by atoms with Crippen LogP contribution in [0.15, 0.2) is 29.3 Å². The minimum absolute atomic E-state index is 0.0295. The average Bonchev–Trinajstić information content (AvgIpc) is 3.08. The van der Waals surface area contributed by atoms with E-state index in [1.165, 1.54) is 14.2 Å². The molecular formula is C24H35N3O7. The lowest BCUT2D eigenvalue weighted by Gasteiger charge is -2.40. The number of ether oxygens (including phenoxy) is 4. The summed E-state index contributed by atoms with van der Waals surface area (Å²) >= 11 is 0. The fraction of sp³-hybridized carbons (Fsp3) is 0.583. The third-order valence-electron chi connectivity index (χ3n) is 4.77. The van der Waals surface area contributed by atoms with E-state index in [0.717, 1.165) is 10.0 Å². The van der Waals surface area contributed by atoms with Crippen molar-refractivity contribution in [3.63, 3.8) is 0 Å². The van der Waals surface area contributed by atoms with Gasteiger partial charge in [0.1, 0.15) is 17.0 Å². The first-order chi connectivity index (χ1) is 15.6. The van der Waals surface area contributed by atoms with Gasteiger partial charge < -0.3 is 18.9 Å². The summed E-state index contributed by atoms with van der Waals surface area (Å²) < 4.78 is 21.5. The molecule has 1 heterocycles. The minimum atomic E-state index is -1.91. The van der Waals surface area contributed by atoms with Crippen LogP contribution in [0.1, 0.15) is 61.0 Å². The van der Waals surface area contributed by atoms with Crippen molar-refractivity contribution in [3.8, 4) is 5.75 Å². The number of rotatable bonds is 4. The number of benzene rings is 1. The fourth-order valence-electron chi connectivity index (χ4n) is 3.32. The Labute approximate surface area is 200 Å². The molecule has 0 aromatic heterocycles. The van der Waals surface area contributed by atoms with E-state index in [9.17, 15) is 14.4 Å². The Balaban J connectivity index is 2.82. The van der Waals surface area contributed by atoms with E-state index < -0.39 is 40.9 Å². The van der Waals surface area contributed by atoms with Crippen LogP contribution in [-0.4, -0.2) is 65.1 Å². The summed E-state index contributed by atoms with van der Waals surface area (Å²) in [6.07, 6.45) is -1.86. The van der Waals surface area contributed by atoms with E-state index in [0.29, 0.717) is 11.3 Å². The zero-order valence-electron chi connectivity index (χ0n) is 21.6. The smallest absolute Gasteiger partial charge is 0.435 e. The molecule has 1 aromatic carbocycles. The van der Waals surface area contributed by atoms with Crippen molar-refractivity contribution in [3.05, 3.63) is 29.8 Å². The van der Waals surface area contributed by atoms with E-state index >= 15 is 0 Å². The number of nitrogens with zero attached hydrogens (tertiary/aromatic N) is 3. The summed E-state index contributed by atoms with van der Waals surface area (Å²) in [5, 5.41) is 1.83. The highest BCUT2D eigenvalue weighted by Gasteiger charge is 2.61. The molecule has 0 unspecified atom stereocenters. The number of carbonyl (C=O) groups is 3. The van der Waals surface area contributed by atoms with E-state index in [1.54, 1.807) is 79.7 Å². The monoisotopic (exact) mass is 477 g/mol. The van der Waals surface area contributed by atoms with Crippen molar-refractivity contribution in [2.75, 3.05) is 14.2 Å². The van der Waals surface area contributed by atoms with Crippen LogP contribution in [0.5, 0.6) is 5.75 Å². The maximum absolute atomic E-state index is 13.5. The van der Waals surface area contributed by atoms with Gasteiger partial charge in [0.25, 0.3) is 5.66 Å². The molecule has 0 fully saturated rings. The van der Waals surface area contributed by atoms with Gasteiger partial charge in [-0.1, -0.05) is 13.8 Å². The zero-order chi connectivity index (χ0) is 26.1.